The van der Waals surface area contributed by atoms with E-state index in [2.05, 4.69) is 39.0 Å². The first-order chi connectivity index (χ1) is 18.1. The third kappa shape index (κ3) is 8.33. The molecule has 0 saturated heterocycles. The second-order valence-corrected chi connectivity index (χ2v) is 23.2. The van der Waals surface area contributed by atoms with Crippen LogP contribution in [0.2, 0.25) is 13.3 Å². The zero-order chi connectivity index (χ0) is 26.5. The molecule has 0 amide bonds. The Hall–Kier alpha value is -1.83. The van der Waals surface area contributed by atoms with Crippen molar-refractivity contribution in [3.8, 4) is 11.5 Å². The van der Waals surface area contributed by atoms with Gasteiger partial charge in [-0.1, -0.05) is 0 Å². The van der Waals surface area contributed by atoms with Gasteiger partial charge in [0.2, 0.25) is 0 Å². The second kappa shape index (κ2) is 15.5. The van der Waals surface area contributed by atoms with E-state index < -0.39 is 18.4 Å². The van der Waals surface area contributed by atoms with Crippen molar-refractivity contribution in [2.75, 3.05) is 26.4 Å². The number of Topliss-reactive ketones (excluding diaryl/α,β-unsaturated/α-hetero) is 1. The fourth-order valence-corrected chi connectivity index (χ4v) is 21.0. The fourth-order valence-electron chi connectivity index (χ4n) is 5.07. The molecule has 0 spiro atoms. The van der Waals surface area contributed by atoms with Gasteiger partial charge in [0, 0.05) is 0 Å². The molecular weight excluding hydrogens is 571 g/mol. The van der Waals surface area contributed by atoms with Crippen molar-refractivity contribution in [1.82, 2.24) is 0 Å². The maximum atomic E-state index is 13.4. The van der Waals surface area contributed by atoms with Crippen molar-refractivity contribution in [2.24, 2.45) is 0 Å². The third-order valence-corrected chi connectivity index (χ3v) is 22.8. The summed E-state index contributed by atoms with van der Waals surface area (Å²) >= 11 is -2.62. The summed E-state index contributed by atoms with van der Waals surface area (Å²) in [4.78, 5) is 13.4. The SMILES string of the molecule is CCC[CH2][Sn]([CH2]CCC)([CH2]CCC)[c]1ccc2c(c1)C(=O)/C(=C/c1ccc(OCCOCCO)cc1)O2. The Morgan fingerprint density at radius 1 is 0.865 bits per heavy atom. The number of unbranched alkanes of at least 4 members (excludes halogenated alkanes) is 3. The molecule has 5 nitrogen and oxygen atoms in total. The van der Waals surface area contributed by atoms with Crippen LogP contribution in [0.4, 0.5) is 0 Å². The number of carbonyl (C=O) groups is 1. The predicted molar refractivity (Wildman–Crippen MR) is 154 cm³/mol. The molecule has 1 aliphatic rings. The van der Waals surface area contributed by atoms with Crippen LogP contribution >= 0.6 is 0 Å². The molecule has 0 radical (unpaired) electrons. The Morgan fingerprint density at radius 3 is 2.11 bits per heavy atom. The van der Waals surface area contributed by atoms with Crippen LogP contribution in [0.3, 0.4) is 0 Å². The molecule has 37 heavy (non-hydrogen) atoms. The van der Waals surface area contributed by atoms with E-state index in [1.54, 1.807) is 0 Å². The topological polar surface area (TPSA) is 65.0 Å². The first-order valence-corrected chi connectivity index (χ1v) is 21.5. The number of carbonyl (C=O) groups excluding carboxylic acids is 1. The van der Waals surface area contributed by atoms with Gasteiger partial charge < -0.3 is 9.84 Å². The minimum absolute atomic E-state index is 0.00963. The van der Waals surface area contributed by atoms with E-state index in [0.717, 1.165) is 16.9 Å². The average molecular weight is 615 g/mol. The molecule has 0 aliphatic carbocycles. The summed E-state index contributed by atoms with van der Waals surface area (Å²) in [5.74, 6) is 1.79. The molecule has 1 aliphatic heterocycles. The summed E-state index contributed by atoms with van der Waals surface area (Å²) in [6.45, 7) is 8.04. The number of hydrogen-bond acceptors (Lipinski definition) is 5. The standard InChI is InChI=1S/C19H17O5.3C4H9.Sn/c20-9-10-22-11-12-23-15-7-5-14(6-8-15)13-18-19(21)16-3-1-2-4-17(16)24-18;3*1-3-4-2;/h2-8,13,20H,9-12H2;3*1,3-4H2,2H3;/b18-13-;;;;. The van der Waals surface area contributed by atoms with Gasteiger partial charge in [-0.15, -0.1) is 0 Å². The summed E-state index contributed by atoms with van der Waals surface area (Å²) in [6.07, 6.45) is 9.41. The van der Waals surface area contributed by atoms with Crippen LogP contribution < -0.4 is 13.1 Å². The number of hydrogen-bond donors (Lipinski definition) is 1. The predicted octanol–water partition coefficient (Wildman–Crippen LogP) is 6.75. The molecular formula is C31H44O5Sn. The van der Waals surface area contributed by atoms with E-state index in [4.69, 9.17) is 19.3 Å². The van der Waals surface area contributed by atoms with E-state index in [1.807, 2.05) is 30.3 Å². The molecule has 3 rings (SSSR count). The summed E-state index contributed by atoms with van der Waals surface area (Å²) in [5, 5.41) is 8.75. The molecule has 0 atom stereocenters. The van der Waals surface area contributed by atoms with Crippen LogP contribution in [0, 0.1) is 0 Å². The van der Waals surface area contributed by atoms with Crippen LogP contribution in [-0.2, 0) is 4.74 Å². The van der Waals surface area contributed by atoms with E-state index in [9.17, 15) is 4.79 Å². The molecule has 2 aromatic rings. The Morgan fingerprint density at radius 2 is 1.51 bits per heavy atom. The summed E-state index contributed by atoms with van der Waals surface area (Å²) in [6, 6.07) is 14.2. The van der Waals surface area contributed by atoms with Gasteiger partial charge in [0.25, 0.3) is 0 Å². The maximum absolute atomic E-state index is 13.4. The van der Waals surface area contributed by atoms with Crippen molar-refractivity contribution in [2.45, 2.75) is 72.6 Å². The van der Waals surface area contributed by atoms with Crippen molar-refractivity contribution < 1.29 is 24.1 Å². The van der Waals surface area contributed by atoms with Gasteiger partial charge in [-0.25, -0.2) is 0 Å². The van der Waals surface area contributed by atoms with Gasteiger partial charge in [-0.05, 0) is 0 Å². The van der Waals surface area contributed by atoms with Crippen LogP contribution in [0.15, 0.2) is 48.2 Å². The number of fused-ring (bicyclic) bond motifs is 1. The molecule has 1 N–H and O–H groups in total. The molecule has 2 aromatic carbocycles. The van der Waals surface area contributed by atoms with Crippen LogP contribution in [0.25, 0.3) is 6.08 Å². The van der Waals surface area contributed by atoms with Gasteiger partial charge in [0.05, 0.1) is 19.8 Å². The van der Waals surface area contributed by atoms with Crippen LogP contribution in [-0.4, -0.2) is 55.7 Å². The number of ketones is 1. The Labute approximate surface area is 227 Å². The van der Waals surface area contributed by atoms with E-state index >= 15 is 0 Å². The van der Waals surface area contributed by atoms with Gasteiger partial charge in [0.1, 0.15) is 0 Å². The number of benzene rings is 2. The van der Waals surface area contributed by atoms with E-state index in [-0.39, 0.29) is 12.4 Å². The Kier molecular flexibility index (Phi) is 12.5. The quantitative estimate of drug-likeness (QED) is 0.121. The van der Waals surface area contributed by atoms with Crippen molar-refractivity contribution in [3.63, 3.8) is 0 Å². The number of aliphatic hydroxyl groups excluding tert-OH is 1. The fraction of sp³-hybridized carbons (Fsp3) is 0.516. The molecule has 1 heterocycles. The molecule has 0 saturated carbocycles. The van der Waals surface area contributed by atoms with Crippen LogP contribution in [0.5, 0.6) is 11.5 Å². The van der Waals surface area contributed by atoms with Crippen LogP contribution in [0.1, 0.15) is 75.2 Å². The molecule has 0 bridgehead atoms. The second-order valence-electron chi connectivity index (χ2n) is 10.00. The number of aliphatic hydroxyl groups is 1. The van der Waals surface area contributed by atoms with Crippen molar-refractivity contribution in [3.05, 3.63) is 59.4 Å². The van der Waals surface area contributed by atoms with Gasteiger partial charge in [-0.2, -0.15) is 0 Å². The minimum atomic E-state index is -2.62. The number of allylic oxidation sites excluding steroid dienone is 1. The summed E-state index contributed by atoms with van der Waals surface area (Å²) < 4.78 is 22.5. The molecule has 0 unspecified atom stereocenters. The van der Waals surface area contributed by atoms with Crippen molar-refractivity contribution in [1.29, 1.82) is 0 Å². The third-order valence-electron chi connectivity index (χ3n) is 7.22. The van der Waals surface area contributed by atoms with Crippen molar-refractivity contribution >= 4 is 33.8 Å². The first kappa shape index (κ1) is 29.7. The Balaban J connectivity index is 1.76. The zero-order valence-electron chi connectivity index (χ0n) is 22.9. The molecule has 202 valence electrons. The molecule has 6 heteroatoms. The molecule has 0 aromatic heterocycles. The molecule has 0 fully saturated rings. The summed E-state index contributed by atoms with van der Waals surface area (Å²) in [7, 11) is 0. The average Bonchev–Trinajstić information content (AvgIpc) is 3.23. The Bertz CT molecular complexity index is 993. The van der Waals surface area contributed by atoms with E-state index in [1.165, 1.54) is 55.4 Å². The monoisotopic (exact) mass is 616 g/mol. The first-order valence-electron chi connectivity index (χ1n) is 14.1. The van der Waals surface area contributed by atoms with Gasteiger partial charge in [-0.3, -0.25) is 0 Å². The van der Waals surface area contributed by atoms with E-state index in [0.29, 0.717) is 31.3 Å². The van der Waals surface area contributed by atoms with Gasteiger partial charge in [0.15, 0.2) is 0 Å². The number of rotatable bonds is 17. The normalized spacial score (nSPS) is 14.2. The zero-order valence-corrected chi connectivity index (χ0v) is 25.7. The number of ether oxygens (including phenoxy) is 3. The van der Waals surface area contributed by atoms with Gasteiger partial charge >= 0.3 is 198 Å². The summed E-state index contributed by atoms with van der Waals surface area (Å²) in [5.41, 5.74) is 1.62.